The van der Waals surface area contributed by atoms with Crippen LogP contribution in [0.3, 0.4) is 0 Å². The van der Waals surface area contributed by atoms with E-state index in [0.29, 0.717) is 0 Å². The number of hydrogen-bond acceptors (Lipinski definition) is 2. The van der Waals surface area contributed by atoms with Gasteiger partial charge >= 0.3 is 0 Å². The number of hydrogen-bond donors (Lipinski definition) is 1. The van der Waals surface area contributed by atoms with Crippen molar-refractivity contribution in [3.05, 3.63) is 16.4 Å². The summed E-state index contributed by atoms with van der Waals surface area (Å²) in [6.45, 7) is 3.87. The van der Waals surface area contributed by atoms with Gasteiger partial charge in [0.15, 0.2) is 0 Å². The molecule has 0 amide bonds. The average molecular weight is 229 g/mol. The minimum atomic E-state index is -0.271. The monoisotopic (exact) mass is 228 g/mol. The summed E-state index contributed by atoms with van der Waals surface area (Å²) in [6.07, 6.45) is 3.88. The Morgan fingerprint density at radius 1 is 1.33 bits per heavy atom. The van der Waals surface area contributed by atoms with Crippen molar-refractivity contribution in [1.29, 1.82) is 0 Å². The van der Waals surface area contributed by atoms with Crippen LogP contribution in [0.5, 0.6) is 0 Å². The quantitative estimate of drug-likeness (QED) is 0.803. The summed E-state index contributed by atoms with van der Waals surface area (Å²) in [5, 5.41) is 15.1. The molecule has 1 saturated carbocycles. The molecule has 0 aromatic carbocycles. The zero-order valence-electron chi connectivity index (χ0n) is 9.20. The fourth-order valence-corrected chi connectivity index (χ4v) is 2.47. The minimum absolute atomic E-state index is 0.116. The molecule has 2 atom stereocenters. The van der Waals surface area contributed by atoms with E-state index in [1.54, 1.807) is 0 Å². The summed E-state index contributed by atoms with van der Waals surface area (Å²) >= 11 is 6.10. The Kier molecular flexibility index (Phi) is 3.03. The van der Waals surface area contributed by atoms with E-state index in [2.05, 4.69) is 5.10 Å². The molecule has 15 heavy (non-hydrogen) atoms. The van der Waals surface area contributed by atoms with Crippen LogP contribution in [-0.2, 0) is 0 Å². The van der Waals surface area contributed by atoms with Crippen LogP contribution in [-0.4, -0.2) is 21.0 Å². The zero-order valence-corrected chi connectivity index (χ0v) is 9.96. The topological polar surface area (TPSA) is 38.0 Å². The predicted octanol–water partition coefficient (Wildman–Crippen LogP) is 2.63. The first-order chi connectivity index (χ1) is 7.11. The molecule has 0 spiro atoms. The van der Waals surface area contributed by atoms with E-state index in [4.69, 9.17) is 11.6 Å². The van der Waals surface area contributed by atoms with Crippen molar-refractivity contribution in [3.63, 3.8) is 0 Å². The first-order valence-corrected chi connectivity index (χ1v) is 5.88. The van der Waals surface area contributed by atoms with Crippen molar-refractivity contribution < 1.29 is 5.11 Å². The molecule has 4 heteroatoms. The summed E-state index contributed by atoms with van der Waals surface area (Å²) in [4.78, 5) is 0. The maximum Gasteiger partial charge on any atom is 0.0844 e. The average Bonchev–Trinajstić information content (AvgIpc) is 2.47. The number of aliphatic hydroxyl groups is 1. The van der Waals surface area contributed by atoms with Gasteiger partial charge in [0, 0.05) is 0 Å². The lowest BCUT2D eigenvalue weighted by atomic mass is 9.92. The lowest BCUT2D eigenvalue weighted by Crippen LogP contribution is -2.29. The van der Waals surface area contributed by atoms with Crippen LogP contribution in [0.1, 0.15) is 43.1 Å². The zero-order chi connectivity index (χ0) is 11.0. The molecular weight excluding hydrogens is 212 g/mol. The van der Waals surface area contributed by atoms with Crippen LogP contribution in [0, 0.1) is 13.8 Å². The van der Waals surface area contributed by atoms with Gasteiger partial charge in [0.05, 0.1) is 28.6 Å². The third-order valence-electron chi connectivity index (χ3n) is 3.24. The van der Waals surface area contributed by atoms with Gasteiger partial charge in [-0.2, -0.15) is 5.10 Å². The molecule has 84 valence electrons. The predicted molar refractivity (Wildman–Crippen MR) is 60.2 cm³/mol. The first-order valence-electron chi connectivity index (χ1n) is 5.50. The fraction of sp³-hybridized carbons (Fsp3) is 0.727. The van der Waals surface area contributed by atoms with Gasteiger partial charge in [-0.3, -0.25) is 4.68 Å². The van der Waals surface area contributed by atoms with E-state index in [9.17, 15) is 5.11 Å². The molecule has 0 bridgehead atoms. The summed E-state index contributed by atoms with van der Waals surface area (Å²) in [6, 6.07) is 0.116. The van der Waals surface area contributed by atoms with Crippen molar-refractivity contribution in [1.82, 2.24) is 9.78 Å². The van der Waals surface area contributed by atoms with Crippen molar-refractivity contribution >= 4 is 11.6 Å². The van der Waals surface area contributed by atoms with Gasteiger partial charge in [0.25, 0.3) is 0 Å². The minimum Gasteiger partial charge on any atom is -0.391 e. The summed E-state index contributed by atoms with van der Waals surface area (Å²) < 4.78 is 1.90. The molecule has 0 saturated heterocycles. The van der Waals surface area contributed by atoms with Crippen LogP contribution in [0.4, 0.5) is 0 Å². The van der Waals surface area contributed by atoms with Crippen molar-refractivity contribution in [3.8, 4) is 0 Å². The highest BCUT2D eigenvalue weighted by Crippen LogP contribution is 2.31. The van der Waals surface area contributed by atoms with E-state index in [-0.39, 0.29) is 12.1 Å². The molecule has 1 aliphatic carbocycles. The van der Waals surface area contributed by atoms with Gasteiger partial charge in [0.2, 0.25) is 0 Å². The van der Waals surface area contributed by atoms with Crippen LogP contribution < -0.4 is 0 Å². The first kappa shape index (κ1) is 11.0. The molecule has 0 aliphatic heterocycles. The van der Waals surface area contributed by atoms with Crippen LogP contribution in [0.2, 0.25) is 5.02 Å². The molecule has 3 nitrogen and oxygen atoms in total. The molecule has 1 fully saturated rings. The highest BCUT2D eigenvalue weighted by atomic mass is 35.5. The van der Waals surface area contributed by atoms with E-state index >= 15 is 0 Å². The molecule has 1 aromatic rings. The third-order valence-corrected chi connectivity index (χ3v) is 3.79. The molecule has 0 radical (unpaired) electrons. The Labute approximate surface area is 95.0 Å². The summed E-state index contributed by atoms with van der Waals surface area (Å²) in [5.41, 5.74) is 1.83. The third kappa shape index (κ3) is 1.91. The van der Waals surface area contributed by atoms with Gasteiger partial charge in [-0.05, 0) is 26.7 Å². The van der Waals surface area contributed by atoms with E-state index in [1.165, 1.54) is 0 Å². The lowest BCUT2D eigenvalue weighted by molar-refractivity contribution is 0.0683. The van der Waals surface area contributed by atoms with Gasteiger partial charge in [-0.1, -0.05) is 24.4 Å². The van der Waals surface area contributed by atoms with E-state index < -0.39 is 0 Å². The Balaban J connectivity index is 2.31. The lowest BCUT2D eigenvalue weighted by Gasteiger charge is -2.28. The molecule has 1 aliphatic rings. The van der Waals surface area contributed by atoms with Crippen LogP contribution in [0.25, 0.3) is 0 Å². The fourth-order valence-electron chi connectivity index (χ4n) is 2.34. The van der Waals surface area contributed by atoms with Gasteiger partial charge in [-0.25, -0.2) is 0 Å². The van der Waals surface area contributed by atoms with Crippen LogP contribution in [0.15, 0.2) is 0 Å². The number of nitrogens with zero attached hydrogens (tertiary/aromatic N) is 2. The number of aromatic nitrogens is 2. The van der Waals surface area contributed by atoms with Gasteiger partial charge < -0.3 is 5.11 Å². The maximum atomic E-state index is 9.94. The Morgan fingerprint density at radius 2 is 2.00 bits per heavy atom. The standard InChI is InChI=1S/C11H17ClN2O/c1-7-11(12)8(2)14(13-7)9-5-3-4-6-10(9)15/h9-10,15H,3-6H2,1-2H3/t9-,10-/m0/s1. The van der Waals surface area contributed by atoms with Gasteiger partial charge in [0.1, 0.15) is 0 Å². The van der Waals surface area contributed by atoms with Crippen molar-refractivity contribution in [2.45, 2.75) is 51.7 Å². The molecular formula is C11H17ClN2O. The molecule has 1 heterocycles. The normalized spacial score (nSPS) is 26.9. The smallest absolute Gasteiger partial charge is 0.0844 e. The second-order valence-electron chi connectivity index (χ2n) is 4.35. The number of rotatable bonds is 1. The number of aryl methyl sites for hydroxylation is 1. The highest BCUT2D eigenvalue weighted by Gasteiger charge is 2.27. The highest BCUT2D eigenvalue weighted by molar-refractivity contribution is 6.31. The number of aliphatic hydroxyl groups excluding tert-OH is 1. The van der Waals surface area contributed by atoms with Crippen LogP contribution >= 0.6 is 11.6 Å². The Bertz CT molecular complexity index is 362. The maximum absolute atomic E-state index is 9.94. The molecule has 2 rings (SSSR count). The van der Waals surface area contributed by atoms with E-state index in [1.807, 2.05) is 18.5 Å². The Morgan fingerprint density at radius 3 is 2.53 bits per heavy atom. The number of halogens is 1. The molecule has 1 aromatic heterocycles. The SMILES string of the molecule is Cc1nn([C@H]2CCCC[C@@H]2O)c(C)c1Cl. The largest absolute Gasteiger partial charge is 0.391 e. The molecule has 0 unspecified atom stereocenters. The van der Waals surface area contributed by atoms with Gasteiger partial charge in [-0.15, -0.1) is 0 Å². The second-order valence-corrected chi connectivity index (χ2v) is 4.73. The van der Waals surface area contributed by atoms with E-state index in [0.717, 1.165) is 42.1 Å². The second kappa shape index (κ2) is 4.14. The van der Waals surface area contributed by atoms with Crippen molar-refractivity contribution in [2.24, 2.45) is 0 Å². The van der Waals surface area contributed by atoms with Crippen molar-refractivity contribution in [2.75, 3.05) is 0 Å². The summed E-state index contributed by atoms with van der Waals surface area (Å²) in [5.74, 6) is 0. The Hall–Kier alpha value is -0.540. The molecule has 1 N–H and O–H groups in total. The summed E-state index contributed by atoms with van der Waals surface area (Å²) in [7, 11) is 0.